The number of thiazole rings is 1. The van der Waals surface area contributed by atoms with Crippen molar-refractivity contribution < 1.29 is 0 Å². The highest BCUT2D eigenvalue weighted by atomic mass is 32.1. The minimum absolute atomic E-state index is 0.123. The van der Waals surface area contributed by atoms with Crippen LogP contribution in [0.2, 0.25) is 0 Å². The maximum absolute atomic E-state index is 11.3. The van der Waals surface area contributed by atoms with Crippen molar-refractivity contribution in [2.45, 2.75) is 20.8 Å². The van der Waals surface area contributed by atoms with Crippen molar-refractivity contribution >= 4 is 29.7 Å². The summed E-state index contributed by atoms with van der Waals surface area (Å²) in [7, 11) is 5.42. The quantitative estimate of drug-likeness (QED) is 0.599. The SMILES string of the molecule is CC.[B]c1cc(=O)n2cc(C)sc2n1. The lowest BCUT2D eigenvalue weighted by Crippen LogP contribution is -2.21. The highest BCUT2D eigenvalue weighted by Crippen LogP contribution is 2.10. The van der Waals surface area contributed by atoms with Crippen LogP contribution in [0.25, 0.3) is 4.96 Å². The summed E-state index contributed by atoms with van der Waals surface area (Å²) in [6.07, 6.45) is 1.76. The molecule has 2 heterocycles. The predicted molar refractivity (Wildman–Crippen MR) is 60.8 cm³/mol. The number of hydrogen-bond donors (Lipinski definition) is 0. The Balaban J connectivity index is 0.000000461. The first-order chi connectivity index (χ1) is 6.66. The summed E-state index contributed by atoms with van der Waals surface area (Å²) in [5.74, 6) is 0. The fraction of sp³-hybridized carbons (Fsp3) is 0.333. The maximum atomic E-state index is 11.3. The summed E-state index contributed by atoms with van der Waals surface area (Å²) in [6, 6.07) is 1.32. The Bertz CT molecular complexity index is 489. The molecular formula is C9H11BN2OS. The van der Waals surface area contributed by atoms with Crippen LogP contribution in [-0.2, 0) is 0 Å². The zero-order valence-corrected chi connectivity index (χ0v) is 9.26. The van der Waals surface area contributed by atoms with Crippen LogP contribution in [0.1, 0.15) is 18.7 Å². The average Bonchev–Trinajstić information content (AvgIpc) is 2.49. The topological polar surface area (TPSA) is 34.4 Å². The first-order valence-corrected chi connectivity index (χ1v) is 5.24. The third-order valence-corrected chi connectivity index (χ3v) is 2.40. The molecule has 0 aromatic carbocycles. The lowest BCUT2D eigenvalue weighted by molar-refractivity contribution is 1.08. The minimum atomic E-state index is -0.123. The van der Waals surface area contributed by atoms with Gasteiger partial charge in [-0.15, -0.1) is 11.3 Å². The first-order valence-electron chi connectivity index (χ1n) is 4.42. The van der Waals surface area contributed by atoms with Crippen LogP contribution < -0.4 is 11.2 Å². The summed E-state index contributed by atoms with van der Waals surface area (Å²) >= 11 is 1.45. The summed E-state index contributed by atoms with van der Waals surface area (Å²) in [6.45, 7) is 5.93. The van der Waals surface area contributed by atoms with E-state index < -0.39 is 0 Å². The molecule has 2 aromatic rings. The van der Waals surface area contributed by atoms with Gasteiger partial charge in [-0.1, -0.05) is 13.8 Å². The third-order valence-electron chi connectivity index (χ3n) is 1.50. The van der Waals surface area contributed by atoms with E-state index in [1.54, 1.807) is 6.20 Å². The molecule has 0 aliphatic heterocycles. The van der Waals surface area contributed by atoms with Crippen molar-refractivity contribution in [1.82, 2.24) is 9.38 Å². The van der Waals surface area contributed by atoms with Crippen molar-refractivity contribution in [2.24, 2.45) is 0 Å². The monoisotopic (exact) mass is 206 g/mol. The van der Waals surface area contributed by atoms with Crippen molar-refractivity contribution in [2.75, 3.05) is 0 Å². The molecule has 0 fully saturated rings. The molecule has 0 atom stereocenters. The normalized spacial score (nSPS) is 9.64. The van der Waals surface area contributed by atoms with E-state index in [2.05, 4.69) is 4.98 Å². The molecule has 0 aliphatic carbocycles. The molecule has 0 unspecified atom stereocenters. The number of hydrogen-bond acceptors (Lipinski definition) is 3. The molecule has 5 heteroatoms. The Hall–Kier alpha value is -1.10. The van der Waals surface area contributed by atoms with E-state index in [9.17, 15) is 4.79 Å². The molecule has 72 valence electrons. The Kier molecular flexibility index (Phi) is 3.46. The molecule has 0 saturated heterocycles. The Labute approximate surface area is 87.8 Å². The van der Waals surface area contributed by atoms with Gasteiger partial charge in [0, 0.05) is 17.1 Å². The van der Waals surface area contributed by atoms with E-state index in [0.29, 0.717) is 4.96 Å². The predicted octanol–water partition coefficient (Wildman–Crippen LogP) is 0.884. The van der Waals surface area contributed by atoms with E-state index in [4.69, 9.17) is 7.85 Å². The van der Waals surface area contributed by atoms with Gasteiger partial charge in [-0.3, -0.25) is 9.20 Å². The molecule has 0 amide bonds. The number of fused-ring (bicyclic) bond motifs is 1. The van der Waals surface area contributed by atoms with E-state index in [-0.39, 0.29) is 11.2 Å². The van der Waals surface area contributed by atoms with Crippen molar-refractivity contribution in [3.63, 3.8) is 0 Å². The molecule has 14 heavy (non-hydrogen) atoms. The van der Waals surface area contributed by atoms with Gasteiger partial charge in [-0.2, -0.15) is 0 Å². The van der Waals surface area contributed by atoms with Crippen molar-refractivity contribution in [3.05, 3.63) is 27.5 Å². The van der Waals surface area contributed by atoms with Crippen LogP contribution in [0.4, 0.5) is 0 Å². The van der Waals surface area contributed by atoms with Gasteiger partial charge in [0.15, 0.2) is 4.96 Å². The van der Waals surface area contributed by atoms with Crippen LogP contribution in [0, 0.1) is 6.92 Å². The summed E-state index contributed by atoms with van der Waals surface area (Å²) < 4.78 is 1.50. The van der Waals surface area contributed by atoms with E-state index in [0.717, 1.165) is 4.88 Å². The highest BCUT2D eigenvalue weighted by molar-refractivity contribution is 7.16. The molecule has 0 aliphatic rings. The number of aryl methyl sites for hydroxylation is 1. The second-order valence-electron chi connectivity index (χ2n) is 2.51. The largest absolute Gasteiger partial charge is 0.269 e. The maximum Gasteiger partial charge on any atom is 0.257 e. The first kappa shape index (κ1) is 11.0. The van der Waals surface area contributed by atoms with Crippen molar-refractivity contribution in [1.29, 1.82) is 0 Å². The lowest BCUT2D eigenvalue weighted by Gasteiger charge is -1.91. The van der Waals surface area contributed by atoms with Gasteiger partial charge in [-0.25, -0.2) is 4.98 Å². The Morgan fingerprint density at radius 3 is 2.79 bits per heavy atom. The Morgan fingerprint density at radius 2 is 2.14 bits per heavy atom. The van der Waals surface area contributed by atoms with Crippen molar-refractivity contribution in [3.8, 4) is 0 Å². The van der Waals surface area contributed by atoms with Crippen LogP contribution in [0.3, 0.4) is 0 Å². The van der Waals surface area contributed by atoms with E-state index in [1.807, 2.05) is 20.8 Å². The van der Waals surface area contributed by atoms with Gasteiger partial charge in [0.25, 0.3) is 5.56 Å². The molecule has 3 nitrogen and oxygen atoms in total. The van der Waals surface area contributed by atoms with Crippen LogP contribution in [0.5, 0.6) is 0 Å². The second kappa shape index (κ2) is 4.42. The molecule has 0 saturated carbocycles. The zero-order valence-electron chi connectivity index (χ0n) is 8.44. The molecule has 2 aromatic heterocycles. The highest BCUT2D eigenvalue weighted by Gasteiger charge is 2.01. The molecular weight excluding hydrogens is 195 g/mol. The third kappa shape index (κ3) is 2.04. The molecule has 0 spiro atoms. The fourth-order valence-electron chi connectivity index (χ4n) is 1.03. The molecule has 0 N–H and O–H groups in total. The van der Waals surface area contributed by atoms with Gasteiger partial charge in [-0.05, 0) is 12.5 Å². The molecule has 2 radical (unpaired) electrons. The summed E-state index contributed by atoms with van der Waals surface area (Å²) in [5, 5.41) is 0. The number of aromatic nitrogens is 2. The van der Waals surface area contributed by atoms with Crippen LogP contribution in [0.15, 0.2) is 17.1 Å². The standard InChI is InChI=1S/C7H5BN2OS.C2H6/c1-4-3-10-6(11)2-5(8)9-7(10)12-4;1-2/h2-3H,1H3;1-2H3. The van der Waals surface area contributed by atoms with E-state index in [1.165, 1.54) is 21.8 Å². The van der Waals surface area contributed by atoms with Gasteiger partial charge >= 0.3 is 0 Å². The fourth-order valence-corrected chi connectivity index (χ4v) is 1.87. The second-order valence-corrected chi connectivity index (χ2v) is 3.73. The van der Waals surface area contributed by atoms with Crippen LogP contribution >= 0.6 is 11.3 Å². The Morgan fingerprint density at radius 1 is 1.50 bits per heavy atom. The zero-order chi connectivity index (χ0) is 10.7. The summed E-state index contributed by atoms with van der Waals surface area (Å²) in [5.41, 5.74) is 0.156. The lowest BCUT2D eigenvalue weighted by atomic mass is 10.1. The van der Waals surface area contributed by atoms with Gasteiger partial charge < -0.3 is 0 Å². The number of nitrogens with zero attached hydrogens (tertiary/aromatic N) is 2. The minimum Gasteiger partial charge on any atom is -0.269 e. The van der Waals surface area contributed by atoms with Crippen LogP contribution in [-0.4, -0.2) is 17.2 Å². The summed E-state index contributed by atoms with van der Waals surface area (Å²) in [4.78, 5) is 17.0. The molecule has 0 bridgehead atoms. The van der Waals surface area contributed by atoms with Gasteiger partial charge in [0.05, 0.1) is 0 Å². The van der Waals surface area contributed by atoms with Gasteiger partial charge in [0.1, 0.15) is 7.85 Å². The number of rotatable bonds is 0. The average molecular weight is 206 g/mol. The smallest absolute Gasteiger partial charge is 0.257 e. The van der Waals surface area contributed by atoms with E-state index >= 15 is 0 Å². The van der Waals surface area contributed by atoms with Gasteiger partial charge in [0.2, 0.25) is 0 Å². The molecule has 2 rings (SSSR count).